The van der Waals surface area contributed by atoms with Crippen LogP contribution in [0.4, 0.5) is 11.4 Å². The molecule has 2 aromatic rings. The first-order chi connectivity index (χ1) is 11.9. The smallest absolute Gasteiger partial charge is 0.296 e. The van der Waals surface area contributed by atoms with Crippen LogP contribution in [0.1, 0.15) is 17.3 Å². The Balaban J connectivity index is 2.10. The molecule has 0 heterocycles. The number of rotatable bonds is 5. The Bertz CT molecular complexity index is 812. The molecule has 2 rings (SSSR count). The van der Waals surface area contributed by atoms with Crippen molar-refractivity contribution >= 4 is 50.5 Å². The summed E-state index contributed by atoms with van der Waals surface area (Å²) in [6.45, 7) is 2.18. The van der Waals surface area contributed by atoms with Crippen molar-refractivity contribution in [3.05, 3.63) is 62.6 Å². The first-order valence-electron chi connectivity index (χ1n) is 7.20. The lowest BCUT2D eigenvalue weighted by Crippen LogP contribution is -2.34. The molecule has 130 valence electrons. The molecule has 1 amide bonds. The highest BCUT2D eigenvalue weighted by Crippen LogP contribution is 2.29. The number of nitro groups is 1. The third-order valence-electron chi connectivity index (χ3n) is 3.06. The Morgan fingerprint density at radius 1 is 1.28 bits per heavy atom. The quantitative estimate of drug-likeness (QED) is 0.430. The minimum atomic E-state index is -0.552. The van der Waals surface area contributed by atoms with Crippen LogP contribution in [0, 0.1) is 10.1 Å². The lowest BCUT2D eigenvalue weighted by atomic mass is 10.2. The number of hydrogen-bond donors (Lipinski definition) is 2. The summed E-state index contributed by atoms with van der Waals surface area (Å²) in [7, 11) is 0. The van der Waals surface area contributed by atoms with Crippen LogP contribution in [-0.4, -0.2) is 22.5 Å². The highest BCUT2D eigenvalue weighted by molar-refractivity contribution is 9.10. The molecule has 0 saturated carbocycles. The average Bonchev–Trinajstić information content (AvgIpc) is 2.56. The van der Waals surface area contributed by atoms with E-state index in [2.05, 4.69) is 26.6 Å². The lowest BCUT2D eigenvalue weighted by molar-refractivity contribution is -0.384. The summed E-state index contributed by atoms with van der Waals surface area (Å²) in [5.74, 6) is -0.0387. The number of carbonyl (C=O) groups excluding carboxylic acids is 1. The van der Waals surface area contributed by atoms with Gasteiger partial charge in [0, 0.05) is 10.0 Å². The molecule has 7 nitrogen and oxygen atoms in total. The van der Waals surface area contributed by atoms with Gasteiger partial charge in [-0.25, -0.2) is 0 Å². The highest BCUT2D eigenvalue weighted by Gasteiger charge is 2.17. The number of nitrogens with zero attached hydrogens (tertiary/aromatic N) is 1. The maximum absolute atomic E-state index is 12.1. The van der Waals surface area contributed by atoms with Crippen LogP contribution in [0.5, 0.6) is 5.75 Å². The largest absolute Gasteiger partial charge is 0.494 e. The summed E-state index contributed by atoms with van der Waals surface area (Å²) < 4.78 is 6.09. The van der Waals surface area contributed by atoms with Gasteiger partial charge < -0.3 is 10.1 Å². The fourth-order valence-corrected chi connectivity index (χ4v) is 2.42. The van der Waals surface area contributed by atoms with Crippen molar-refractivity contribution in [1.82, 2.24) is 5.32 Å². The number of hydrogen-bond acceptors (Lipinski definition) is 5. The molecule has 9 heteroatoms. The number of amides is 1. The minimum absolute atomic E-state index is 0.0415. The lowest BCUT2D eigenvalue weighted by Gasteiger charge is -2.11. The van der Waals surface area contributed by atoms with E-state index in [-0.39, 0.29) is 16.5 Å². The van der Waals surface area contributed by atoms with Crippen LogP contribution in [0.25, 0.3) is 0 Å². The highest BCUT2D eigenvalue weighted by atomic mass is 79.9. The summed E-state index contributed by atoms with van der Waals surface area (Å²) in [6, 6.07) is 11.1. The second kappa shape index (κ2) is 8.54. The zero-order valence-corrected chi connectivity index (χ0v) is 15.5. The number of ether oxygens (including phenoxy) is 1. The van der Waals surface area contributed by atoms with Gasteiger partial charge in [-0.3, -0.25) is 20.2 Å². The topological polar surface area (TPSA) is 93.5 Å². The Morgan fingerprint density at radius 2 is 1.96 bits per heavy atom. The number of nitro benzene ring substituents is 1. The van der Waals surface area contributed by atoms with E-state index < -0.39 is 10.8 Å². The van der Waals surface area contributed by atoms with E-state index in [1.807, 2.05) is 0 Å². The van der Waals surface area contributed by atoms with Gasteiger partial charge in [-0.05, 0) is 55.5 Å². The molecule has 0 fully saturated rings. The summed E-state index contributed by atoms with van der Waals surface area (Å²) >= 11 is 8.35. The minimum Gasteiger partial charge on any atom is -0.494 e. The summed E-state index contributed by atoms with van der Waals surface area (Å²) in [5, 5.41) is 16.3. The first-order valence-corrected chi connectivity index (χ1v) is 8.40. The van der Waals surface area contributed by atoms with Crippen molar-refractivity contribution < 1.29 is 14.5 Å². The van der Waals surface area contributed by atoms with Gasteiger partial charge in [-0.2, -0.15) is 0 Å². The number of anilines is 1. The molecule has 0 saturated heterocycles. The molecule has 0 aliphatic heterocycles. The van der Waals surface area contributed by atoms with Gasteiger partial charge >= 0.3 is 0 Å². The third-order valence-corrected chi connectivity index (χ3v) is 3.79. The van der Waals surface area contributed by atoms with Crippen molar-refractivity contribution in [2.75, 3.05) is 11.9 Å². The van der Waals surface area contributed by atoms with Crippen molar-refractivity contribution in [1.29, 1.82) is 0 Å². The molecule has 0 aliphatic rings. The van der Waals surface area contributed by atoms with E-state index in [0.717, 1.165) is 4.47 Å². The number of benzene rings is 2. The first kappa shape index (κ1) is 18.8. The third kappa shape index (κ3) is 5.23. The van der Waals surface area contributed by atoms with Crippen LogP contribution in [0.3, 0.4) is 0 Å². The van der Waals surface area contributed by atoms with Crippen LogP contribution in [-0.2, 0) is 0 Å². The Morgan fingerprint density at radius 3 is 2.56 bits per heavy atom. The van der Waals surface area contributed by atoms with E-state index in [4.69, 9.17) is 17.0 Å². The van der Waals surface area contributed by atoms with Crippen LogP contribution < -0.4 is 15.4 Å². The van der Waals surface area contributed by atoms with E-state index in [0.29, 0.717) is 17.9 Å². The maximum atomic E-state index is 12.1. The van der Waals surface area contributed by atoms with E-state index >= 15 is 0 Å². The standard InChI is InChI=1S/C16H14BrN3O4S/c1-2-24-12-7-8-13(14(9-12)20(22)23)18-16(25)19-15(21)10-3-5-11(17)6-4-10/h3-9H,2H2,1H3,(H2,18,19,21,25). The van der Waals surface area contributed by atoms with Gasteiger partial charge in [-0.1, -0.05) is 15.9 Å². The van der Waals surface area contributed by atoms with Crippen molar-refractivity contribution in [3.63, 3.8) is 0 Å². The van der Waals surface area contributed by atoms with Crippen molar-refractivity contribution in [2.24, 2.45) is 0 Å². The number of nitrogens with one attached hydrogen (secondary N) is 2. The number of carbonyl (C=O) groups is 1. The van der Waals surface area contributed by atoms with Crippen LogP contribution in [0.2, 0.25) is 0 Å². The van der Waals surface area contributed by atoms with Gasteiger partial charge in [0.2, 0.25) is 0 Å². The normalized spacial score (nSPS) is 10.0. The van der Waals surface area contributed by atoms with Crippen LogP contribution in [0.15, 0.2) is 46.9 Å². The molecule has 2 aromatic carbocycles. The molecule has 0 atom stereocenters. The molecule has 0 unspecified atom stereocenters. The second-order valence-electron chi connectivity index (χ2n) is 4.78. The molecular formula is C16H14BrN3O4S. The average molecular weight is 424 g/mol. The van der Waals surface area contributed by atoms with E-state index in [9.17, 15) is 14.9 Å². The Labute approximate surface area is 157 Å². The molecule has 0 bridgehead atoms. The Hall–Kier alpha value is -2.52. The second-order valence-corrected chi connectivity index (χ2v) is 6.11. The van der Waals surface area contributed by atoms with Gasteiger partial charge in [0.05, 0.1) is 17.6 Å². The zero-order chi connectivity index (χ0) is 18.4. The molecule has 25 heavy (non-hydrogen) atoms. The fraction of sp³-hybridized carbons (Fsp3) is 0.125. The molecule has 2 N–H and O–H groups in total. The van der Waals surface area contributed by atoms with Crippen molar-refractivity contribution in [2.45, 2.75) is 6.92 Å². The van der Waals surface area contributed by atoms with Gasteiger partial charge in [0.15, 0.2) is 5.11 Å². The summed E-state index contributed by atoms with van der Waals surface area (Å²) in [5.41, 5.74) is 0.370. The number of thiocarbonyl (C=S) groups is 1. The molecule has 0 spiro atoms. The maximum Gasteiger partial charge on any atom is 0.296 e. The predicted octanol–water partition coefficient (Wildman–Crippen LogP) is 3.88. The molecule has 0 aliphatic carbocycles. The van der Waals surface area contributed by atoms with Crippen molar-refractivity contribution in [3.8, 4) is 5.75 Å². The number of halogens is 1. The van der Waals surface area contributed by atoms with Gasteiger partial charge in [0.25, 0.3) is 11.6 Å². The molecular weight excluding hydrogens is 410 g/mol. The molecule has 0 radical (unpaired) electrons. The van der Waals surface area contributed by atoms with Gasteiger partial charge in [0.1, 0.15) is 11.4 Å². The monoisotopic (exact) mass is 423 g/mol. The van der Waals surface area contributed by atoms with E-state index in [1.54, 1.807) is 37.3 Å². The summed E-state index contributed by atoms with van der Waals surface area (Å²) in [4.78, 5) is 22.8. The SMILES string of the molecule is CCOc1ccc(NC(=S)NC(=O)c2ccc(Br)cc2)c([N+](=O)[O-])c1. The van der Waals surface area contributed by atoms with Gasteiger partial charge in [-0.15, -0.1) is 0 Å². The summed E-state index contributed by atoms with van der Waals surface area (Å²) in [6.07, 6.45) is 0. The molecule has 0 aromatic heterocycles. The Kier molecular flexibility index (Phi) is 6.43. The fourth-order valence-electron chi connectivity index (χ4n) is 1.95. The predicted molar refractivity (Wildman–Crippen MR) is 102 cm³/mol. The van der Waals surface area contributed by atoms with E-state index in [1.165, 1.54) is 12.1 Å². The zero-order valence-electron chi connectivity index (χ0n) is 13.1. The van der Waals surface area contributed by atoms with Crippen LogP contribution >= 0.6 is 28.1 Å².